The highest BCUT2D eigenvalue weighted by Crippen LogP contribution is 2.28. The third-order valence-electron chi connectivity index (χ3n) is 5.00. The smallest absolute Gasteiger partial charge is 0.227 e. The first-order valence-electron chi connectivity index (χ1n) is 9.11. The van der Waals surface area contributed by atoms with E-state index in [1.165, 1.54) is 0 Å². The molecule has 0 aliphatic carbocycles. The molecule has 2 aromatic heterocycles. The van der Waals surface area contributed by atoms with Crippen LogP contribution < -0.4 is 9.80 Å². The molecule has 1 aromatic carbocycles. The Hall–Kier alpha value is -2.93. The van der Waals surface area contributed by atoms with Crippen molar-refractivity contribution in [1.82, 2.24) is 19.4 Å². The summed E-state index contributed by atoms with van der Waals surface area (Å²) in [4.78, 5) is 27.2. The summed E-state index contributed by atoms with van der Waals surface area (Å²) in [5.74, 6) is 1.69. The Labute approximate surface area is 158 Å². The predicted molar refractivity (Wildman–Crippen MR) is 108 cm³/mol. The maximum Gasteiger partial charge on any atom is 0.227 e. The van der Waals surface area contributed by atoms with Gasteiger partial charge in [0.25, 0.3) is 0 Å². The monoisotopic (exact) mass is 364 g/mol. The van der Waals surface area contributed by atoms with Crippen molar-refractivity contribution in [3.05, 3.63) is 42.2 Å². The van der Waals surface area contributed by atoms with Gasteiger partial charge < -0.3 is 19.3 Å². The van der Waals surface area contributed by atoms with Gasteiger partial charge in [0.2, 0.25) is 5.95 Å². The molecule has 0 radical (unpaired) electrons. The summed E-state index contributed by atoms with van der Waals surface area (Å²) in [6, 6.07) is 7.99. The Morgan fingerprint density at radius 1 is 1.07 bits per heavy atom. The number of carbonyl (C=O) groups excluding carboxylic acids is 1. The lowest BCUT2D eigenvalue weighted by Gasteiger charge is -2.34. The fraction of sp³-hybridized carbons (Fsp3) is 0.350. The Kier molecular flexibility index (Phi) is 4.53. The van der Waals surface area contributed by atoms with Gasteiger partial charge in [-0.25, -0.2) is 4.98 Å². The van der Waals surface area contributed by atoms with E-state index in [0.29, 0.717) is 11.5 Å². The van der Waals surface area contributed by atoms with E-state index in [4.69, 9.17) is 9.97 Å². The van der Waals surface area contributed by atoms with Crippen molar-refractivity contribution in [2.75, 3.05) is 57.1 Å². The van der Waals surface area contributed by atoms with Gasteiger partial charge in [-0.15, -0.1) is 0 Å². The molecule has 3 heterocycles. The van der Waals surface area contributed by atoms with Gasteiger partial charge in [-0.2, -0.15) is 4.98 Å². The molecule has 0 amide bonds. The zero-order valence-corrected chi connectivity index (χ0v) is 16.0. The predicted octanol–water partition coefficient (Wildman–Crippen LogP) is 2.05. The van der Waals surface area contributed by atoms with Crippen LogP contribution in [0.25, 0.3) is 16.6 Å². The van der Waals surface area contributed by atoms with Crippen LogP contribution in [-0.4, -0.2) is 73.0 Å². The second-order valence-electron chi connectivity index (χ2n) is 7.20. The highest BCUT2D eigenvalue weighted by atomic mass is 16.1. The van der Waals surface area contributed by atoms with Crippen molar-refractivity contribution >= 4 is 29.0 Å². The van der Waals surface area contributed by atoms with Crippen LogP contribution in [0.2, 0.25) is 0 Å². The molecule has 1 saturated heterocycles. The molecule has 7 heteroatoms. The molecular weight excluding hydrogens is 340 g/mol. The lowest BCUT2D eigenvalue weighted by atomic mass is 10.2. The molecule has 140 valence electrons. The molecule has 0 saturated carbocycles. The summed E-state index contributed by atoms with van der Waals surface area (Å²) >= 11 is 0. The van der Waals surface area contributed by atoms with E-state index in [0.717, 1.165) is 54.9 Å². The number of anilines is 2. The van der Waals surface area contributed by atoms with E-state index >= 15 is 0 Å². The zero-order chi connectivity index (χ0) is 19.0. The molecular formula is C20H24N6O. The van der Waals surface area contributed by atoms with Crippen LogP contribution in [0.1, 0.15) is 10.4 Å². The topological polar surface area (TPSA) is 57.5 Å². The van der Waals surface area contributed by atoms with Crippen LogP contribution in [0, 0.1) is 0 Å². The SMILES string of the molecule is CN1CCN(c2nc(N(C)C)nc3cc(-n4ccc(C=O)c4)ccc23)CC1. The Morgan fingerprint density at radius 2 is 1.85 bits per heavy atom. The van der Waals surface area contributed by atoms with E-state index in [2.05, 4.69) is 35.0 Å². The number of aldehydes is 1. The molecule has 4 rings (SSSR count). The van der Waals surface area contributed by atoms with Crippen LogP contribution >= 0.6 is 0 Å². The van der Waals surface area contributed by atoms with Gasteiger partial charge in [-0.3, -0.25) is 4.79 Å². The first-order chi connectivity index (χ1) is 13.0. The molecule has 1 aliphatic rings. The standard InChI is InChI=1S/C20H24N6O/c1-23(2)20-21-18-12-16(26-7-6-15(13-26)14-27)4-5-17(18)19(22-20)25-10-8-24(3)9-11-25/h4-7,12-14H,8-11H2,1-3H3. The highest BCUT2D eigenvalue weighted by molar-refractivity contribution is 5.92. The Bertz CT molecular complexity index is 972. The highest BCUT2D eigenvalue weighted by Gasteiger charge is 2.20. The number of hydrogen-bond acceptors (Lipinski definition) is 6. The molecule has 0 spiro atoms. The Balaban J connectivity index is 1.81. The summed E-state index contributed by atoms with van der Waals surface area (Å²) in [5.41, 5.74) is 2.54. The van der Waals surface area contributed by atoms with Gasteiger partial charge in [0.15, 0.2) is 6.29 Å². The maximum atomic E-state index is 11.0. The van der Waals surface area contributed by atoms with Crippen molar-refractivity contribution in [3.63, 3.8) is 0 Å². The number of hydrogen-bond donors (Lipinski definition) is 0. The normalized spacial score (nSPS) is 15.3. The lowest BCUT2D eigenvalue weighted by Crippen LogP contribution is -2.45. The third-order valence-corrected chi connectivity index (χ3v) is 5.00. The first-order valence-corrected chi connectivity index (χ1v) is 9.11. The third kappa shape index (κ3) is 3.38. The molecule has 7 nitrogen and oxygen atoms in total. The van der Waals surface area contributed by atoms with Gasteiger partial charge in [-0.05, 0) is 31.3 Å². The van der Waals surface area contributed by atoms with Crippen LogP contribution in [0.5, 0.6) is 0 Å². The van der Waals surface area contributed by atoms with Gasteiger partial charge in [-0.1, -0.05) is 0 Å². The number of fused-ring (bicyclic) bond motifs is 1. The van der Waals surface area contributed by atoms with Gasteiger partial charge in [0, 0.05) is 69.3 Å². The van der Waals surface area contributed by atoms with Crippen LogP contribution in [0.4, 0.5) is 11.8 Å². The summed E-state index contributed by atoms with van der Waals surface area (Å²) in [5, 5.41) is 1.05. The fourth-order valence-corrected chi connectivity index (χ4v) is 3.35. The van der Waals surface area contributed by atoms with E-state index in [-0.39, 0.29) is 0 Å². The summed E-state index contributed by atoms with van der Waals surface area (Å²) in [6.45, 7) is 3.96. The zero-order valence-electron chi connectivity index (χ0n) is 16.0. The van der Waals surface area contributed by atoms with E-state index in [1.54, 1.807) is 6.07 Å². The van der Waals surface area contributed by atoms with Crippen molar-refractivity contribution in [2.24, 2.45) is 0 Å². The molecule has 0 unspecified atom stereocenters. The molecule has 0 N–H and O–H groups in total. The number of nitrogens with zero attached hydrogens (tertiary/aromatic N) is 6. The quantitative estimate of drug-likeness (QED) is 0.661. The maximum absolute atomic E-state index is 11.0. The largest absolute Gasteiger partial charge is 0.353 e. The van der Waals surface area contributed by atoms with Crippen LogP contribution in [-0.2, 0) is 0 Å². The van der Waals surface area contributed by atoms with E-state index < -0.39 is 0 Å². The minimum Gasteiger partial charge on any atom is -0.353 e. The number of likely N-dealkylation sites (N-methyl/N-ethyl adjacent to an activating group) is 1. The van der Waals surface area contributed by atoms with Crippen molar-refractivity contribution < 1.29 is 4.79 Å². The molecule has 1 fully saturated rings. The average molecular weight is 364 g/mol. The number of carbonyl (C=O) groups is 1. The molecule has 3 aromatic rings. The molecule has 0 atom stereocenters. The van der Waals surface area contributed by atoms with Crippen LogP contribution in [0.15, 0.2) is 36.7 Å². The number of rotatable bonds is 4. The van der Waals surface area contributed by atoms with Crippen molar-refractivity contribution in [2.45, 2.75) is 0 Å². The Morgan fingerprint density at radius 3 is 2.52 bits per heavy atom. The molecule has 27 heavy (non-hydrogen) atoms. The van der Waals surface area contributed by atoms with Gasteiger partial charge in [0.05, 0.1) is 5.52 Å². The second kappa shape index (κ2) is 7.00. The number of benzene rings is 1. The van der Waals surface area contributed by atoms with E-state index in [1.807, 2.05) is 36.0 Å². The summed E-state index contributed by atoms with van der Waals surface area (Å²) in [6.07, 6.45) is 4.57. The van der Waals surface area contributed by atoms with Crippen molar-refractivity contribution in [1.29, 1.82) is 0 Å². The second-order valence-corrected chi connectivity index (χ2v) is 7.20. The summed E-state index contributed by atoms with van der Waals surface area (Å²) in [7, 11) is 6.07. The van der Waals surface area contributed by atoms with Crippen molar-refractivity contribution in [3.8, 4) is 5.69 Å². The molecule has 0 bridgehead atoms. The van der Waals surface area contributed by atoms with Gasteiger partial charge >= 0.3 is 0 Å². The summed E-state index contributed by atoms with van der Waals surface area (Å²) < 4.78 is 1.94. The van der Waals surface area contributed by atoms with Gasteiger partial charge in [0.1, 0.15) is 5.82 Å². The average Bonchev–Trinajstić information content (AvgIpc) is 3.16. The first kappa shape index (κ1) is 17.5. The fourth-order valence-electron chi connectivity index (χ4n) is 3.35. The van der Waals surface area contributed by atoms with Crippen LogP contribution in [0.3, 0.4) is 0 Å². The minimum atomic E-state index is 0.657. The minimum absolute atomic E-state index is 0.657. The number of aromatic nitrogens is 3. The molecule has 1 aliphatic heterocycles. The number of piperazine rings is 1. The van der Waals surface area contributed by atoms with E-state index in [9.17, 15) is 4.79 Å². The lowest BCUT2D eigenvalue weighted by molar-refractivity contribution is 0.112.